The third-order valence-electron chi connectivity index (χ3n) is 5.88. The van der Waals surface area contributed by atoms with Crippen LogP contribution in [0.5, 0.6) is 0 Å². The van der Waals surface area contributed by atoms with E-state index in [-0.39, 0.29) is 11.7 Å². The molecule has 0 spiro atoms. The molecule has 0 N–H and O–H groups in total. The van der Waals surface area contributed by atoms with Crippen molar-refractivity contribution in [1.29, 1.82) is 0 Å². The van der Waals surface area contributed by atoms with Crippen LogP contribution in [0, 0.1) is 5.82 Å². The van der Waals surface area contributed by atoms with Crippen molar-refractivity contribution in [3.8, 4) is 11.3 Å². The topological polar surface area (TPSA) is 29.0 Å². The second-order valence-electron chi connectivity index (χ2n) is 7.82. The summed E-state index contributed by atoms with van der Waals surface area (Å²) < 4.78 is 14.4. The van der Waals surface area contributed by atoms with Gasteiger partial charge in [-0.2, -0.15) is 10.2 Å². The van der Waals surface area contributed by atoms with Gasteiger partial charge < -0.3 is 4.90 Å². The third kappa shape index (κ3) is 3.40. The summed E-state index contributed by atoms with van der Waals surface area (Å²) in [6.45, 7) is 1.89. The molecular weight excluding hydrogens is 361 g/mol. The smallest absolute Gasteiger partial charge is 0.131 e. The Bertz CT molecular complexity index is 1170. The van der Waals surface area contributed by atoms with Crippen molar-refractivity contribution in [2.24, 2.45) is 0 Å². The van der Waals surface area contributed by atoms with Gasteiger partial charge in [-0.05, 0) is 72.4 Å². The van der Waals surface area contributed by atoms with Crippen LogP contribution in [0.25, 0.3) is 22.0 Å². The van der Waals surface area contributed by atoms with Crippen LogP contribution >= 0.6 is 0 Å². The number of fused-ring (bicyclic) bond motifs is 2. The molecule has 4 heteroatoms. The Morgan fingerprint density at radius 3 is 2.79 bits per heavy atom. The lowest BCUT2D eigenvalue weighted by molar-refractivity contribution is 0.328. The summed E-state index contributed by atoms with van der Waals surface area (Å²) in [5.74, 6) is 0.0863. The van der Waals surface area contributed by atoms with E-state index < -0.39 is 0 Å². The molecule has 0 aliphatic carbocycles. The maximum atomic E-state index is 14.4. The van der Waals surface area contributed by atoms with Gasteiger partial charge in [-0.1, -0.05) is 36.4 Å². The molecule has 0 radical (unpaired) electrons. The van der Waals surface area contributed by atoms with Crippen LogP contribution in [0.1, 0.15) is 29.0 Å². The van der Waals surface area contributed by atoms with Crippen LogP contribution in [0.2, 0.25) is 0 Å². The van der Waals surface area contributed by atoms with Gasteiger partial charge in [0, 0.05) is 29.6 Å². The first-order valence-corrected chi connectivity index (χ1v) is 9.97. The summed E-state index contributed by atoms with van der Waals surface area (Å²) in [6.07, 6.45) is 2.70. The fraction of sp³-hybridized carbons (Fsp3) is 0.200. The fourth-order valence-corrected chi connectivity index (χ4v) is 4.39. The second-order valence-corrected chi connectivity index (χ2v) is 7.82. The zero-order chi connectivity index (χ0) is 19.8. The molecule has 0 bridgehead atoms. The maximum absolute atomic E-state index is 14.4. The molecule has 3 aromatic carbocycles. The average molecular weight is 383 g/mol. The summed E-state index contributed by atoms with van der Waals surface area (Å²) in [6, 6.07) is 22.0. The van der Waals surface area contributed by atoms with Crippen molar-refractivity contribution < 1.29 is 4.39 Å². The van der Waals surface area contributed by atoms with E-state index >= 15 is 0 Å². The second kappa shape index (κ2) is 7.37. The molecule has 1 aliphatic heterocycles. The van der Waals surface area contributed by atoms with Crippen molar-refractivity contribution in [2.45, 2.75) is 18.9 Å². The van der Waals surface area contributed by atoms with E-state index in [1.54, 1.807) is 12.3 Å². The zero-order valence-electron chi connectivity index (χ0n) is 16.3. The van der Waals surface area contributed by atoms with Gasteiger partial charge in [0.25, 0.3) is 0 Å². The van der Waals surface area contributed by atoms with E-state index in [2.05, 4.69) is 46.4 Å². The van der Waals surface area contributed by atoms with Gasteiger partial charge in [0.15, 0.2) is 0 Å². The van der Waals surface area contributed by atoms with Crippen molar-refractivity contribution >= 4 is 10.8 Å². The molecular formula is C25H22FN3. The highest BCUT2D eigenvalue weighted by atomic mass is 19.1. The quantitative estimate of drug-likeness (QED) is 0.464. The summed E-state index contributed by atoms with van der Waals surface area (Å²) in [5, 5.41) is 9.90. The first-order chi connectivity index (χ1) is 14.2. The molecule has 0 saturated carbocycles. The van der Waals surface area contributed by atoms with Crippen molar-refractivity contribution in [1.82, 2.24) is 15.1 Å². The molecule has 1 unspecified atom stereocenters. The number of hydrogen-bond donors (Lipinski definition) is 0. The number of halogens is 1. The Kier molecular flexibility index (Phi) is 4.57. The minimum Gasteiger partial charge on any atom is -0.302 e. The lowest BCUT2D eigenvalue weighted by Gasteiger charge is -2.19. The van der Waals surface area contributed by atoms with E-state index in [1.807, 2.05) is 30.3 Å². The number of hydrogen-bond acceptors (Lipinski definition) is 3. The molecule has 0 saturated heterocycles. The lowest BCUT2D eigenvalue weighted by atomic mass is 9.85. The maximum Gasteiger partial charge on any atom is 0.131 e. The minimum atomic E-state index is -0.159. The molecule has 1 aliphatic rings. The molecule has 0 amide bonds. The minimum absolute atomic E-state index is 0.159. The molecule has 3 nitrogen and oxygen atoms in total. The molecule has 0 fully saturated rings. The van der Waals surface area contributed by atoms with Gasteiger partial charge >= 0.3 is 0 Å². The van der Waals surface area contributed by atoms with Crippen molar-refractivity contribution in [3.05, 3.63) is 95.4 Å². The van der Waals surface area contributed by atoms with Crippen LogP contribution in [0.15, 0.2) is 72.9 Å². The number of aromatic nitrogens is 2. The van der Waals surface area contributed by atoms with Crippen molar-refractivity contribution in [2.75, 3.05) is 13.6 Å². The average Bonchev–Trinajstić information content (AvgIpc) is 2.92. The molecule has 4 aromatic rings. The van der Waals surface area contributed by atoms with E-state index in [9.17, 15) is 4.39 Å². The van der Waals surface area contributed by atoms with Gasteiger partial charge in [0.05, 0.1) is 5.69 Å². The Morgan fingerprint density at radius 1 is 1.00 bits per heavy atom. The highest BCUT2D eigenvalue weighted by Gasteiger charge is 2.23. The Morgan fingerprint density at radius 2 is 1.93 bits per heavy atom. The molecule has 2 heterocycles. The molecule has 29 heavy (non-hydrogen) atoms. The lowest BCUT2D eigenvalue weighted by Crippen LogP contribution is -2.17. The predicted molar refractivity (Wildman–Crippen MR) is 114 cm³/mol. The molecule has 1 aromatic heterocycles. The summed E-state index contributed by atoms with van der Waals surface area (Å²) >= 11 is 0. The fourth-order valence-electron chi connectivity index (χ4n) is 4.39. The van der Waals surface area contributed by atoms with Crippen LogP contribution in [-0.4, -0.2) is 28.7 Å². The summed E-state index contributed by atoms with van der Waals surface area (Å²) in [4.78, 5) is 2.35. The van der Waals surface area contributed by atoms with Crippen molar-refractivity contribution in [3.63, 3.8) is 0 Å². The molecule has 144 valence electrons. The Balaban J connectivity index is 1.61. The standard InChI is InChI=1S/C25H22FN3/c1-29-13-11-22(18-8-7-17-4-2-5-24(26)23(17)15-18)21-10-9-19(14-20(21)16-29)25-6-3-12-27-28-25/h2-10,12,14-15,22H,11,13,16H2,1H3. The zero-order valence-corrected chi connectivity index (χ0v) is 16.3. The monoisotopic (exact) mass is 383 g/mol. The van der Waals surface area contributed by atoms with Gasteiger partial charge in [-0.3, -0.25) is 0 Å². The number of benzene rings is 3. The SMILES string of the molecule is CN1CCC(c2ccc3cccc(F)c3c2)c2ccc(-c3cccnn3)cc2C1. The van der Waals surface area contributed by atoms with Crippen LogP contribution in [0.3, 0.4) is 0 Å². The molecule has 1 atom stereocenters. The highest BCUT2D eigenvalue weighted by molar-refractivity contribution is 5.84. The van der Waals surface area contributed by atoms with Crippen LogP contribution in [-0.2, 0) is 6.54 Å². The highest BCUT2D eigenvalue weighted by Crippen LogP contribution is 2.37. The van der Waals surface area contributed by atoms with E-state index in [4.69, 9.17) is 0 Å². The summed E-state index contributed by atoms with van der Waals surface area (Å²) in [5.41, 5.74) is 5.75. The first kappa shape index (κ1) is 18.0. The first-order valence-electron chi connectivity index (χ1n) is 9.97. The number of nitrogens with zero attached hydrogens (tertiary/aromatic N) is 3. The van der Waals surface area contributed by atoms with Crippen LogP contribution in [0.4, 0.5) is 4.39 Å². The van der Waals surface area contributed by atoms with Gasteiger partial charge in [-0.25, -0.2) is 4.39 Å². The Labute approximate surface area is 169 Å². The third-order valence-corrected chi connectivity index (χ3v) is 5.88. The molecule has 5 rings (SSSR count). The Hall–Kier alpha value is -3.11. The predicted octanol–water partition coefficient (Wildman–Crippen LogP) is 5.40. The van der Waals surface area contributed by atoms with Gasteiger partial charge in [0.1, 0.15) is 5.82 Å². The normalized spacial score (nSPS) is 17.1. The van der Waals surface area contributed by atoms with Crippen LogP contribution < -0.4 is 0 Å². The van der Waals surface area contributed by atoms with E-state index in [0.717, 1.165) is 36.2 Å². The number of rotatable bonds is 2. The summed E-state index contributed by atoms with van der Waals surface area (Å²) in [7, 11) is 2.15. The van der Waals surface area contributed by atoms with E-state index in [1.165, 1.54) is 22.8 Å². The van der Waals surface area contributed by atoms with Gasteiger partial charge in [0.2, 0.25) is 0 Å². The van der Waals surface area contributed by atoms with E-state index in [0.29, 0.717) is 5.39 Å². The van der Waals surface area contributed by atoms with Gasteiger partial charge in [-0.15, -0.1) is 0 Å². The largest absolute Gasteiger partial charge is 0.302 e.